The molecule has 0 saturated heterocycles. The van der Waals surface area contributed by atoms with E-state index < -0.39 is 0 Å². The molecule has 1 unspecified atom stereocenters. The first-order valence-corrected chi connectivity index (χ1v) is 8.46. The summed E-state index contributed by atoms with van der Waals surface area (Å²) in [5.74, 6) is 1.02. The van der Waals surface area contributed by atoms with Crippen molar-refractivity contribution < 1.29 is 4.74 Å². The molecule has 1 atom stereocenters. The Hall–Kier alpha value is -1.03. The van der Waals surface area contributed by atoms with E-state index in [-0.39, 0.29) is 11.5 Å². The van der Waals surface area contributed by atoms with Gasteiger partial charge in [-0.3, -0.25) is 0 Å². The summed E-state index contributed by atoms with van der Waals surface area (Å²) in [6, 6.07) is 10.8. The van der Waals surface area contributed by atoms with Crippen LogP contribution in [-0.4, -0.2) is 13.2 Å². The third-order valence-electron chi connectivity index (χ3n) is 3.94. The SMILES string of the molecule is CCNC(c1ccc2c(c1)C(C)(C)CO2)c1ccc(Cl)s1. The summed E-state index contributed by atoms with van der Waals surface area (Å²) in [6.45, 7) is 8.25. The largest absolute Gasteiger partial charge is 0.492 e. The van der Waals surface area contributed by atoms with Crippen LogP contribution in [0.2, 0.25) is 4.34 Å². The molecule has 1 aliphatic heterocycles. The van der Waals surface area contributed by atoms with E-state index in [0.29, 0.717) is 0 Å². The number of rotatable bonds is 4. The highest BCUT2D eigenvalue weighted by Crippen LogP contribution is 2.41. The van der Waals surface area contributed by atoms with Crippen LogP contribution < -0.4 is 10.1 Å². The fourth-order valence-corrected chi connectivity index (χ4v) is 3.95. The zero-order chi connectivity index (χ0) is 15.0. The fraction of sp³-hybridized carbons (Fsp3) is 0.412. The van der Waals surface area contributed by atoms with Crippen molar-refractivity contribution in [2.45, 2.75) is 32.2 Å². The number of ether oxygens (including phenoxy) is 1. The monoisotopic (exact) mass is 321 g/mol. The van der Waals surface area contributed by atoms with E-state index in [2.05, 4.69) is 50.4 Å². The second-order valence-electron chi connectivity index (χ2n) is 6.06. The van der Waals surface area contributed by atoms with Crippen molar-refractivity contribution >= 4 is 22.9 Å². The van der Waals surface area contributed by atoms with Crippen LogP contribution >= 0.6 is 22.9 Å². The van der Waals surface area contributed by atoms with Crippen molar-refractivity contribution in [1.82, 2.24) is 5.32 Å². The Labute approximate surface area is 135 Å². The highest BCUT2D eigenvalue weighted by molar-refractivity contribution is 7.16. The molecule has 0 radical (unpaired) electrons. The summed E-state index contributed by atoms with van der Waals surface area (Å²) in [7, 11) is 0. The highest BCUT2D eigenvalue weighted by Gasteiger charge is 2.32. The van der Waals surface area contributed by atoms with Crippen molar-refractivity contribution in [3.63, 3.8) is 0 Å². The van der Waals surface area contributed by atoms with Crippen LogP contribution in [0.15, 0.2) is 30.3 Å². The van der Waals surface area contributed by atoms with Gasteiger partial charge in [-0.25, -0.2) is 0 Å². The molecule has 1 aromatic carbocycles. The van der Waals surface area contributed by atoms with Gasteiger partial charge >= 0.3 is 0 Å². The van der Waals surface area contributed by atoms with Crippen LogP contribution in [-0.2, 0) is 5.41 Å². The van der Waals surface area contributed by atoms with Crippen molar-refractivity contribution in [3.05, 3.63) is 50.7 Å². The summed E-state index contributed by atoms with van der Waals surface area (Å²) >= 11 is 7.74. The van der Waals surface area contributed by atoms with E-state index in [1.54, 1.807) is 11.3 Å². The topological polar surface area (TPSA) is 21.3 Å². The smallest absolute Gasteiger partial charge is 0.123 e. The van der Waals surface area contributed by atoms with Gasteiger partial charge in [-0.05, 0) is 36.4 Å². The number of nitrogens with one attached hydrogen (secondary N) is 1. The molecule has 1 aromatic heterocycles. The summed E-state index contributed by atoms with van der Waals surface area (Å²) in [4.78, 5) is 1.25. The average Bonchev–Trinajstić information content (AvgIpc) is 3.00. The molecule has 0 saturated carbocycles. The lowest BCUT2D eigenvalue weighted by Gasteiger charge is -2.20. The molecule has 112 valence electrons. The van der Waals surface area contributed by atoms with Crippen LogP contribution in [0.4, 0.5) is 0 Å². The minimum atomic E-state index is 0.0786. The van der Waals surface area contributed by atoms with E-state index in [1.807, 2.05) is 6.07 Å². The van der Waals surface area contributed by atoms with Crippen molar-refractivity contribution in [2.75, 3.05) is 13.2 Å². The van der Waals surface area contributed by atoms with Crippen LogP contribution in [0.25, 0.3) is 0 Å². The fourth-order valence-electron chi connectivity index (χ4n) is 2.79. The van der Waals surface area contributed by atoms with Gasteiger partial charge in [-0.1, -0.05) is 38.4 Å². The maximum Gasteiger partial charge on any atom is 0.123 e. The molecule has 0 amide bonds. The zero-order valence-electron chi connectivity index (χ0n) is 12.6. The quantitative estimate of drug-likeness (QED) is 0.875. The first-order chi connectivity index (χ1) is 10.0. The van der Waals surface area contributed by atoms with Crippen LogP contribution in [0, 0.1) is 0 Å². The molecular weight excluding hydrogens is 302 g/mol. The Morgan fingerprint density at radius 2 is 2.14 bits per heavy atom. The highest BCUT2D eigenvalue weighted by atomic mass is 35.5. The molecule has 2 heterocycles. The van der Waals surface area contributed by atoms with Gasteiger partial charge in [0.25, 0.3) is 0 Å². The van der Waals surface area contributed by atoms with Gasteiger partial charge in [0.2, 0.25) is 0 Å². The molecule has 4 heteroatoms. The van der Waals surface area contributed by atoms with E-state index in [0.717, 1.165) is 23.2 Å². The maximum absolute atomic E-state index is 6.10. The minimum absolute atomic E-state index is 0.0786. The number of hydrogen-bond acceptors (Lipinski definition) is 3. The third kappa shape index (κ3) is 2.83. The normalized spacial score (nSPS) is 17.3. The standard InChI is InChI=1S/C17H20ClNOS/c1-4-19-16(14-7-8-15(18)21-14)11-5-6-13-12(9-11)17(2,3)10-20-13/h5-9,16,19H,4,10H2,1-3H3. The predicted octanol–water partition coefficient (Wildman–Crippen LogP) is 4.77. The molecule has 0 fully saturated rings. The number of benzene rings is 1. The van der Waals surface area contributed by atoms with Gasteiger partial charge in [0.05, 0.1) is 17.0 Å². The molecule has 3 rings (SSSR count). The van der Waals surface area contributed by atoms with E-state index in [4.69, 9.17) is 16.3 Å². The van der Waals surface area contributed by atoms with Crippen molar-refractivity contribution in [3.8, 4) is 5.75 Å². The number of fused-ring (bicyclic) bond motifs is 1. The zero-order valence-corrected chi connectivity index (χ0v) is 14.1. The van der Waals surface area contributed by atoms with Crippen molar-refractivity contribution in [1.29, 1.82) is 0 Å². The van der Waals surface area contributed by atoms with Gasteiger partial charge in [-0.15, -0.1) is 11.3 Å². The predicted molar refractivity (Wildman–Crippen MR) is 89.8 cm³/mol. The maximum atomic E-state index is 6.10. The average molecular weight is 322 g/mol. The van der Waals surface area contributed by atoms with Gasteiger partial charge < -0.3 is 10.1 Å². The Bertz CT molecular complexity index is 650. The molecule has 0 spiro atoms. The molecule has 21 heavy (non-hydrogen) atoms. The number of halogens is 1. The molecule has 1 N–H and O–H groups in total. The number of thiophene rings is 1. The Balaban J connectivity index is 2.01. The molecular formula is C17H20ClNOS. The van der Waals surface area contributed by atoms with Gasteiger partial charge in [0, 0.05) is 15.9 Å². The molecule has 0 aliphatic carbocycles. The van der Waals surface area contributed by atoms with E-state index in [1.165, 1.54) is 16.0 Å². The van der Waals surface area contributed by atoms with Gasteiger partial charge in [0.15, 0.2) is 0 Å². The molecule has 2 aromatic rings. The molecule has 2 nitrogen and oxygen atoms in total. The first-order valence-electron chi connectivity index (χ1n) is 7.27. The van der Waals surface area contributed by atoms with Crippen LogP contribution in [0.3, 0.4) is 0 Å². The van der Waals surface area contributed by atoms with Crippen molar-refractivity contribution in [2.24, 2.45) is 0 Å². The first kappa shape index (κ1) is 14.9. The lowest BCUT2D eigenvalue weighted by atomic mass is 9.85. The summed E-state index contributed by atoms with van der Waals surface area (Å²) < 4.78 is 6.61. The molecule has 1 aliphatic rings. The minimum Gasteiger partial charge on any atom is -0.492 e. The summed E-state index contributed by atoms with van der Waals surface area (Å²) in [5, 5.41) is 3.56. The second-order valence-corrected chi connectivity index (χ2v) is 7.81. The number of hydrogen-bond donors (Lipinski definition) is 1. The Morgan fingerprint density at radius 3 is 2.81 bits per heavy atom. The third-order valence-corrected chi connectivity index (χ3v) is 5.24. The van der Waals surface area contributed by atoms with Gasteiger partial charge in [0.1, 0.15) is 5.75 Å². The lowest BCUT2D eigenvalue weighted by Crippen LogP contribution is -2.22. The lowest BCUT2D eigenvalue weighted by molar-refractivity contribution is 0.291. The van der Waals surface area contributed by atoms with Crippen LogP contribution in [0.1, 0.15) is 42.8 Å². The van der Waals surface area contributed by atoms with Gasteiger partial charge in [-0.2, -0.15) is 0 Å². The second kappa shape index (κ2) is 5.64. The Kier molecular flexibility index (Phi) is 4.00. The van der Waals surface area contributed by atoms with Crippen LogP contribution in [0.5, 0.6) is 5.75 Å². The summed E-state index contributed by atoms with van der Waals surface area (Å²) in [5.41, 5.74) is 2.65. The molecule has 0 bridgehead atoms. The van der Waals surface area contributed by atoms with E-state index in [9.17, 15) is 0 Å². The van der Waals surface area contributed by atoms with E-state index >= 15 is 0 Å². The Morgan fingerprint density at radius 1 is 1.33 bits per heavy atom. The summed E-state index contributed by atoms with van der Waals surface area (Å²) in [6.07, 6.45) is 0.